The van der Waals surface area contributed by atoms with E-state index in [1.165, 1.54) is 6.07 Å². The van der Waals surface area contributed by atoms with Crippen molar-refractivity contribution in [1.82, 2.24) is 0 Å². The maximum Gasteiger partial charge on any atom is 0.128 e. The van der Waals surface area contributed by atoms with E-state index in [0.717, 1.165) is 5.56 Å². The van der Waals surface area contributed by atoms with Crippen LogP contribution in [-0.2, 0) is 0 Å². The summed E-state index contributed by atoms with van der Waals surface area (Å²) in [6.07, 6.45) is -0.371. The number of ether oxygens (including phenoxy) is 1. The number of aryl methyl sites for hydroxylation is 1. The molecule has 106 valence electrons. The Kier molecular flexibility index (Phi) is 4.63. The minimum absolute atomic E-state index is 0.315. The molecule has 0 aliphatic rings. The van der Waals surface area contributed by atoms with Crippen molar-refractivity contribution >= 4 is 11.6 Å². The summed E-state index contributed by atoms with van der Waals surface area (Å²) in [5.74, 6) is 0.304. The lowest BCUT2D eigenvalue weighted by molar-refractivity contribution is 0.188. The van der Waals surface area contributed by atoms with Gasteiger partial charge in [-0.25, -0.2) is 4.39 Å². The van der Waals surface area contributed by atoms with Gasteiger partial charge in [0.15, 0.2) is 0 Å². The van der Waals surface area contributed by atoms with Crippen LogP contribution in [0.25, 0.3) is 0 Å². The van der Waals surface area contributed by atoms with E-state index in [0.29, 0.717) is 16.3 Å². The van der Waals surface area contributed by atoms with Gasteiger partial charge in [-0.05, 0) is 38.1 Å². The second-order valence-corrected chi connectivity index (χ2v) is 5.27. The summed E-state index contributed by atoms with van der Waals surface area (Å²) in [6, 6.07) is 11.4. The number of hydrogen-bond acceptors (Lipinski definition) is 2. The van der Waals surface area contributed by atoms with Crippen LogP contribution in [0.3, 0.4) is 0 Å². The topological polar surface area (TPSA) is 35.2 Å². The van der Waals surface area contributed by atoms with Gasteiger partial charge in [0.2, 0.25) is 0 Å². The minimum Gasteiger partial charge on any atom is -0.489 e. The van der Waals surface area contributed by atoms with Gasteiger partial charge in [0, 0.05) is 10.6 Å². The highest BCUT2D eigenvalue weighted by molar-refractivity contribution is 6.30. The molecule has 4 heteroatoms. The Morgan fingerprint density at radius 2 is 1.95 bits per heavy atom. The fraction of sp³-hybridized carbons (Fsp3) is 0.250. The first-order chi connectivity index (χ1) is 9.47. The van der Waals surface area contributed by atoms with Crippen LogP contribution in [0.4, 0.5) is 4.39 Å². The van der Waals surface area contributed by atoms with Gasteiger partial charge in [-0.3, -0.25) is 0 Å². The maximum absolute atomic E-state index is 13.8. The van der Waals surface area contributed by atoms with E-state index in [2.05, 4.69) is 0 Å². The third-order valence-corrected chi connectivity index (χ3v) is 3.37. The predicted octanol–water partition coefficient (Wildman–Crippen LogP) is 4.25. The zero-order chi connectivity index (χ0) is 14.7. The van der Waals surface area contributed by atoms with Gasteiger partial charge in [0.05, 0.1) is 6.04 Å². The lowest BCUT2D eigenvalue weighted by Crippen LogP contribution is -2.29. The van der Waals surface area contributed by atoms with Crippen LogP contribution in [0.1, 0.15) is 24.1 Å². The zero-order valence-electron chi connectivity index (χ0n) is 11.4. The molecule has 0 fully saturated rings. The van der Waals surface area contributed by atoms with Crippen molar-refractivity contribution in [3.8, 4) is 5.75 Å². The minimum atomic E-state index is -0.547. The van der Waals surface area contributed by atoms with Crippen LogP contribution in [0.2, 0.25) is 5.02 Å². The molecule has 2 unspecified atom stereocenters. The summed E-state index contributed by atoms with van der Waals surface area (Å²) in [6.45, 7) is 3.71. The van der Waals surface area contributed by atoms with E-state index in [-0.39, 0.29) is 11.9 Å². The molecule has 2 atom stereocenters. The Morgan fingerprint density at radius 3 is 2.65 bits per heavy atom. The highest BCUT2D eigenvalue weighted by Crippen LogP contribution is 2.24. The third-order valence-electron chi connectivity index (χ3n) is 3.13. The fourth-order valence-corrected chi connectivity index (χ4v) is 2.18. The summed E-state index contributed by atoms with van der Waals surface area (Å²) in [7, 11) is 0. The first kappa shape index (κ1) is 14.8. The predicted molar refractivity (Wildman–Crippen MR) is 79.6 cm³/mol. The molecule has 0 bridgehead atoms. The molecule has 2 nitrogen and oxygen atoms in total. The van der Waals surface area contributed by atoms with Crippen LogP contribution in [0, 0.1) is 12.7 Å². The van der Waals surface area contributed by atoms with Crippen molar-refractivity contribution in [3.05, 3.63) is 64.4 Å². The summed E-state index contributed by atoms with van der Waals surface area (Å²) in [5.41, 5.74) is 7.52. The molecule has 0 spiro atoms. The molecule has 0 aliphatic heterocycles. The van der Waals surface area contributed by atoms with E-state index in [1.54, 1.807) is 36.4 Å². The van der Waals surface area contributed by atoms with Gasteiger partial charge in [-0.2, -0.15) is 0 Å². The van der Waals surface area contributed by atoms with Gasteiger partial charge in [0.25, 0.3) is 0 Å². The van der Waals surface area contributed by atoms with Gasteiger partial charge in [-0.15, -0.1) is 0 Å². The Balaban J connectivity index is 2.16. The van der Waals surface area contributed by atoms with Crippen LogP contribution in [0.15, 0.2) is 42.5 Å². The van der Waals surface area contributed by atoms with Crippen molar-refractivity contribution < 1.29 is 9.13 Å². The molecule has 0 aliphatic carbocycles. The van der Waals surface area contributed by atoms with E-state index in [9.17, 15) is 4.39 Å². The number of halogens is 2. The van der Waals surface area contributed by atoms with Crippen LogP contribution < -0.4 is 10.5 Å². The molecule has 2 N–H and O–H groups in total. The first-order valence-corrected chi connectivity index (χ1v) is 6.79. The number of nitrogens with two attached hydrogens (primary N) is 1. The molecular formula is C16H17ClFNO. The smallest absolute Gasteiger partial charge is 0.128 e. The lowest BCUT2D eigenvalue weighted by atomic mass is 10.0. The number of hydrogen-bond donors (Lipinski definition) is 1. The normalized spacial score (nSPS) is 13.8. The summed E-state index contributed by atoms with van der Waals surface area (Å²) in [5, 5.41) is 0.588. The second kappa shape index (κ2) is 6.25. The van der Waals surface area contributed by atoms with E-state index in [4.69, 9.17) is 22.1 Å². The molecule has 2 aromatic carbocycles. The Bertz CT molecular complexity index is 603. The number of rotatable bonds is 4. The molecule has 2 rings (SSSR count). The molecular weight excluding hydrogens is 277 g/mol. The van der Waals surface area contributed by atoms with Crippen LogP contribution in [-0.4, -0.2) is 6.10 Å². The quantitative estimate of drug-likeness (QED) is 0.914. The monoisotopic (exact) mass is 293 g/mol. The zero-order valence-corrected chi connectivity index (χ0v) is 12.2. The van der Waals surface area contributed by atoms with Gasteiger partial charge >= 0.3 is 0 Å². The molecule has 0 saturated heterocycles. The van der Waals surface area contributed by atoms with Crippen molar-refractivity contribution in [3.63, 3.8) is 0 Å². The van der Waals surface area contributed by atoms with Gasteiger partial charge in [-0.1, -0.05) is 35.4 Å². The summed E-state index contributed by atoms with van der Waals surface area (Å²) < 4.78 is 19.6. The second-order valence-electron chi connectivity index (χ2n) is 4.83. The highest BCUT2D eigenvalue weighted by Gasteiger charge is 2.20. The van der Waals surface area contributed by atoms with E-state index >= 15 is 0 Å². The largest absolute Gasteiger partial charge is 0.489 e. The van der Waals surface area contributed by atoms with Crippen molar-refractivity contribution in [2.45, 2.75) is 26.0 Å². The molecule has 0 amide bonds. The molecule has 0 heterocycles. The van der Waals surface area contributed by atoms with Crippen molar-refractivity contribution in [2.24, 2.45) is 5.73 Å². The standard InChI is InChI=1S/C16H17ClFNO/c1-10-6-7-15(18)14(8-10)16(19)11(2)20-13-5-3-4-12(17)9-13/h3-9,11,16H,19H2,1-2H3. The van der Waals surface area contributed by atoms with E-state index < -0.39 is 6.04 Å². The van der Waals surface area contributed by atoms with Crippen molar-refractivity contribution in [1.29, 1.82) is 0 Å². The van der Waals surface area contributed by atoms with Crippen LogP contribution >= 0.6 is 11.6 Å². The molecule has 20 heavy (non-hydrogen) atoms. The van der Waals surface area contributed by atoms with Crippen molar-refractivity contribution in [2.75, 3.05) is 0 Å². The van der Waals surface area contributed by atoms with Crippen LogP contribution in [0.5, 0.6) is 5.75 Å². The molecule has 0 saturated carbocycles. The Labute approximate surface area is 123 Å². The van der Waals surface area contributed by atoms with E-state index in [1.807, 2.05) is 13.8 Å². The summed E-state index contributed by atoms with van der Waals surface area (Å²) >= 11 is 5.90. The molecule has 0 radical (unpaired) electrons. The average Bonchev–Trinajstić information content (AvgIpc) is 2.40. The average molecular weight is 294 g/mol. The fourth-order valence-electron chi connectivity index (χ4n) is 2.00. The maximum atomic E-state index is 13.8. The highest BCUT2D eigenvalue weighted by atomic mass is 35.5. The first-order valence-electron chi connectivity index (χ1n) is 6.41. The lowest BCUT2D eigenvalue weighted by Gasteiger charge is -2.22. The SMILES string of the molecule is Cc1ccc(F)c(C(N)C(C)Oc2cccc(Cl)c2)c1. The Morgan fingerprint density at radius 1 is 1.20 bits per heavy atom. The molecule has 0 aromatic heterocycles. The van der Waals surface area contributed by atoms with Gasteiger partial charge in [0.1, 0.15) is 17.7 Å². The third kappa shape index (κ3) is 3.50. The van der Waals surface area contributed by atoms with Gasteiger partial charge < -0.3 is 10.5 Å². The summed E-state index contributed by atoms with van der Waals surface area (Å²) in [4.78, 5) is 0. The Hall–Kier alpha value is -1.58. The number of benzene rings is 2. The molecule has 2 aromatic rings.